The molecule has 2 unspecified atom stereocenters. The largest absolute Gasteiger partial charge is 0.327 e. The van der Waals surface area contributed by atoms with Gasteiger partial charge in [-0.05, 0) is 68.4 Å². The first-order chi connectivity index (χ1) is 9.51. The van der Waals surface area contributed by atoms with Gasteiger partial charge in [0.15, 0.2) is 0 Å². The molecular formula is C18H34N2. The van der Waals surface area contributed by atoms with Gasteiger partial charge in [-0.1, -0.05) is 33.1 Å². The van der Waals surface area contributed by atoms with E-state index >= 15 is 0 Å². The first-order valence-electron chi connectivity index (χ1n) is 8.99. The monoisotopic (exact) mass is 278 g/mol. The number of nitrogens with two attached hydrogens (primary N) is 1. The zero-order valence-electron chi connectivity index (χ0n) is 13.7. The van der Waals surface area contributed by atoms with Crippen molar-refractivity contribution in [2.24, 2.45) is 22.5 Å². The Hall–Kier alpha value is -0.0800. The summed E-state index contributed by atoms with van der Waals surface area (Å²) in [6.07, 6.45) is 13.1. The molecule has 2 nitrogen and oxygen atoms in total. The van der Waals surface area contributed by atoms with Crippen LogP contribution in [0.15, 0.2) is 0 Å². The van der Waals surface area contributed by atoms with Crippen molar-refractivity contribution in [3.63, 3.8) is 0 Å². The van der Waals surface area contributed by atoms with Crippen LogP contribution >= 0.6 is 0 Å². The molecule has 3 rings (SSSR count). The van der Waals surface area contributed by atoms with E-state index in [2.05, 4.69) is 18.7 Å². The molecule has 0 aromatic heterocycles. The molecule has 2 N–H and O–H groups in total. The lowest BCUT2D eigenvalue weighted by molar-refractivity contribution is 0.0575. The fourth-order valence-electron chi connectivity index (χ4n) is 5.09. The summed E-state index contributed by atoms with van der Waals surface area (Å²) in [6, 6.07) is 0.410. The van der Waals surface area contributed by atoms with Gasteiger partial charge in [0.2, 0.25) is 0 Å². The molecule has 0 radical (unpaired) electrons. The quantitative estimate of drug-likeness (QED) is 0.832. The smallest absolute Gasteiger partial charge is 0.0131 e. The predicted octanol–water partition coefficient (Wildman–Crippen LogP) is 3.80. The minimum Gasteiger partial charge on any atom is -0.327 e. The summed E-state index contributed by atoms with van der Waals surface area (Å²) in [4.78, 5) is 2.73. The number of piperidine rings is 1. The van der Waals surface area contributed by atoms with Gasteiger partial charge < -0.3 is 10.6 Å². The van der Waals surface area contributed by atoms with Crippen molar-refractivity contribution in [3.05, 3.63) is 0 Å². The van der Waals surface area contributed by atoms with Gasteiger partial charge in [-0.25, -0.2) is 0 Å². The molecule has 2 aliphatic carbocycles. The van der Waals surface area contributed by atoms with Gasteiger partial charge in [0.25, 0.3) is 0 Å². The second kappa shape index (κ2) is 5.61. The van der Waals surface area contributed by atoms with Crippen LogP contribution in [-0.2, 0) is 0 Å². The van der Waals surface area contributed by atoms with Gasteiger partial charge in [0.1, 0.15) is 0 Å². The molecule has 1 aliphatic heterocycles. The van der Waals surface area contributed by atoms with Gasteiger partial charge in [0.05, 0.1) is 0 Å². The number of hydrogen-bond acceptors (Lipinski definition) is 2. The highest BCUT2D eigenvalue weighted by atomic mass is 15.1. The minimum absolute atomic E-state index is 0.366. The Morgan fingerprint density at radius 2 is 1.60 bits per heavy atom. The molecule has 1 heterocycles. The molecule has 20 heavy (non-hydrogen) atoms. The molecule has 0 amide bonds. The normalized spacial score (nSPS) is 37.4. The van der Waals surface area contributed by atoms with Crippen molar-refractivity contribution >= 4 is 0 Å². The maximum Gasteiger partial charge on any atom is 0.0131 e. The zero-order chi connectivity index (χ0) is 14.2. The molecule has 3 aliphatic rings. The minimum atomic E-state index is 0.366. The van der Waals surface area contributed by atoms with E-state index in [9.17, 15) is 0 Å². The number of nitrogens with zero attached hydrogens (tertiary/aromatic N) is 1. The van der Waals surface area contributed by atoms with E-state index in [4.69, 9.17) is 5.73 Å². The molecule has 116 valence electrons. The summed E-state index contributed by atoms with van der Waals surface area (Å²) in [5, 5.41) is 0. The van der Waals surface area contributed by atoms with Crippen LogP contribution in [0.4, 0.5) is 0 Å². The maximum atomic E-state index is 6.48. The zero-order valence-corrected chi connectivity index (χ0v) is 13.7. The highest BCUT2D eigenvalue weighted by Gasteiger charge is 2.41. The average molecular weight is 278 g/mol. The van der Waals surface area contributed by atoms with Gasteiger partial charge in [-0.15, -0.1) is 0 Å². The van der Waals surface area contributed by atoms with Crippen molar-refractivity contribution < 1.29 is 0 Å². The molecule has 2 saturated carbocycles. The number of likely N-dealkylation sites (tertiary alicyclic amines) is 1. The summed E-state index contributed by atoms with van der Waals surface area (Å²) in [5.74, 6) is 0.741. The summed E-state index contributed by atoms with van der Waals surface area (Å²) >= 11 is 0. The van der Waals surface area contributed by atoms with E-state index in [1.807, 2.05) is 0 Å². The van der Waals surface area contributed by atoms with Gasteiger partial charge >= 0.3 is 0 Å². The third-order valence-corrected chi connectivity index (χ3v) is 6.89. The van der Waals surface area contributed by atoms with Gasteiger partial charge in [-0.2, -0.15) is 0 Å². The van der Waals surface area contributed by atoms with E-state index < -0.39 is 0 Å². The highest BCUT2D eigenvalue weighted by Crippen LogP contribution is 2.45. The Kier molecular flexibility index (Phi) is 4.16. The molecule has 0 aromatic rings. The summed E-state index contributed by atoms with van der Waals surface area (Å²) < 4.78 is 0. The van der Waals surface area contributed by atoms with Crippen molar-refractivity contribution in [2.75, 3.05) is 19.6 Å². The predicted molar refractivity (Wildman–Crippen MR) is 85.7 cm³/mol. The molecule has 1 saturated heterocycles. The third kappa shape index (κ3) is 2.92. The van der Waals surface area contributed by atoms with Crippen LogP contribution in [0.25, 0.3) is 0 Å². The Morgan fingerprint density at radius 1 is 0.950 bits per heavy atom. The Bertz CT molecular complexity index is 320. The summed E-state index contributed by atoms with van der Waals surface area (Å²) in [7, 11) is 0. The second-order valence-electron chi connectivity index (χ2n) is 8.67. The molecular weight excluding hydrogens is 244 g/mol. The Morgan fingerprint density at radius 3 is 2.15 bits per heavy atom. The number of rotatable bonds is 2. The summed E-state index contributed by atoms with van der Waals surface area (Å²) in [6.45, 7) is 8.64. The summed E-state index contributed by atoms with van der Waals surface area (Å²) in [5.41, 5.74) is 7.59. The van der Waals surface area contributed by atoms with Gasteiger partial charge in [0, 0.05) is 12.6 Å². The van der Waals surface area contributed by atoms with Crippen LogP contribution in [0.1, 0.15) is 71.6 Å². The number of hydrogen-bond donors (Lipinski definition) is 1. The van der Waals surface area contributed by atoms with Crippen LogP contribution in [0, 0.1) is 16.7 Å². The molecule has 0 bridgehead atoms. The maximum absolute atomic E-state index is 6.48. The molecule has 2 atom stereocenters. The fraction of sp³-hybridized carbons (Fsp3) is 1.00. The van der Waals surface area contributed by atoms with Crippen molar-refractivity contribution in [1.82, 2.24) is 4.90 Å². The second-order valence-corrected chi connectivity index (χ2v) is 8.67. The first-order valence-corrected chi connectivity index (χ1v) is 8.99. The Balaban J connectivity index is 1.49. The van der Waals surface area contributed by atoms with Crippen molar-refractivity contribution in [1.29, 1.82) is 0 Å². The fourth-order valence-corrected chi connectivity index (χ4v) is 5.09. The standard InChI is InChI=1S/C18H34N2/c1-17(2)9-6-15(16(17)19)14-20-12-10-18(11-13-20)7-4-3-5-8-18/h15-16H,3-14,19H2,1-2H3. The average Bonchev–Trinajstić information content (AvgIpc) is 2.70. The molecule has 1 spiro atoms. The van der Waals surface area contributed by atoms with E-state index in [0.717, 1.165) is 11.3 Å². The lowest BCUT2D eigenvalue weighted by Gasteiger charge is -2.45. The lowest BCUT2D eigenvalue weighted by Crippen LogP contribution is -2.46. The highest BCUT2D eigenvalue weighted by molar-refractivity contribution is 4.96. The van der Waals surface area contributed by atoms with Crippen LogP contribution < -0.4 is 5.73 Å². The van der Waals surface area contributed by atoms with E-state index in [1.165, 1.54) is 77.4 Å². The SMILES string of the molecule is CC1(C)CCC(CN2CCC3(CCCCC3)CC2)C1N. The van der Waals surface area contributed by atoms with E-state index in [-0.39, 0.29) is 0 Å². The van der Waals surface area contributed by atoms with E-state index in [0.29, 0.717) is 11.5 Å². The third-order valence-electron chi connectivity index (χ3n) is 6.89. The van der Waals surface area contributed by atoms with Crippen molar-refractivity contribution in [2.45, 2.75) is 77.7 Å². The molecule has 0 aromatic carbocycles. The van der Waals surface area contributed by atoms with Gasteiger partial charge in [-0.3, -0.25) is 0 Å². The lowest BCUT2D eigenvalue weighted by atomic mass is 9.68. The van der Waals surface area contributed by atoms with Crippen LogP contribution in [-0.4, -0.2) is 30.6 Å². The van der Waals surface area contributed by atoms with Crippen molar-refractivity contribution in [3.8, 4) is 0 Å². The van der Waals surface area contributed by atoms with Crippen LogP contribution in [0.3, 0.4) is 0 Å². The van der Waals surface area contributed by atoms with E-state index in [1.54, 1.807) is 0 Å². The molecule has 3 fully saturated rings. The topological polar surface area (TPSA) is 29.3 Å². The van der Waals surface area contributed by atoms with Crippen LogP contribution in [0.5, 0.6) is 0 Å². The Labute approximate surface area is 125 Å². The first kappa shape index (κ1) is 14.8. The van der Waals surface area contributed by atoms with Crippen LogP contribution in [0.2, 0.25) is 0 Å². The molecule has 2 heteroatoms.